The van der Waals surface area contributed by atoms with Gasteiger partial charge >= 0.3 is 0 Å². The Hall–Kier alpha value is -0.120. The van der Waals surface area contributed by atoms with Gasteiger partial charge in [0.25, 0.3) is 0 Å². The van der Waals surface area contributed by atoms with E-state index in [1.165, 1.54) is 45.3 Å². The number of hydrogen-bond donors (Lipinski definition) is 1. The van der Waals surface area contributed by atoms with Gasteiger partial charge in [-0.25, -0.2) is 0 Å². The Bertz CT molecular complexity index is 248. The van der Waals surface area contributed by atoms with E-state index in [-0.39, 0.29) is 5.60 Å². The van der Waals surface area contributed by atoms with Gasteiger partial charge in [0.2, 0.25) is 0 Å². The van der Waals surface area contributed by atoms with Crippen molar-refractivity contribution in [3.63, 3.8) is 0 Å². The molecule has 4 heterocycles. The van der Waals surface area contributed by atoms with Gasteiger partial charge in [0.05, 0.1) is 12.2 Å². The molecule has 1 spiro atoms. The van der Waals surface area contributed by atoms with E-state index in [0.29, 0.717) is 6.04 Å². The molecule has 0 aromatic carbocycles. The van der Waals surface area contributed by atoms with E-state index in [4.69, 9.17) is 4.74 Å². The third-order valence-corrected chi connectivity index (χ3v) is 4.78. The van der Waals surface area contributed by atoms with Gasteiger partial charge in [-0.1, -0.05) is 13.3 Å². The molecule has 2 atom stereocenters. The van der Waals surface area contributed by atoms with Gasteiger partial charge in [-0.3, -0.25) is 0 Å². The lowest BCUT2D eigenvalue weighted by Crippen LogP contribution is -2.71. The van der Waals surface area contributed by atoms with Crippen LogP contribution in [0.4, 0.5) is 0 Å². The molecule has 3 nitrogen and oxygen atoms in total. The summed E-state index contributed by atoms with van der Waals surface area (Å²) in [4.78, 5) is 2.61. The summed E-state index contributed by atoms with van der Waals surface area (Å²) in [6.45, 7) is 8.01. The Morgan fingerprint density at radius 2 is 2.19 bits per heavy atom. The van der Waals surface area contributed by atoms with Gasteiger partial charge in [0, 0.05) is 19.1 Å². The van der Waals surface area contributed by atoms with Crippen LogP contribution < -0.4 is 5.32 Å². The Kier molecular flexibility index (Phi) is 2.94. The van der Waals surface area contributed by atoms with E-state index in [0.717, 1.165) is 19.1 Å². The van der Waals surface area contributed by atoms with Crippen LogP contribution in [0.2, 0.25) is 0 Å². The lowest BCUT2D eigenvalue weighted by Gasteiger charge is -2.58. The molecule has 4 aliphatic rings. The summed E-state index contributed by atoms with van der Waals surface area (Å²) in [5.74, 6) is 0.807. The van der Waals surface area contributed by atoms with Gasteiger partial charge < -0.3 is 15.0 Å². The maximum atomic E-state index is 6.30. The average molecular weight is 224 g/mol. The fourth-order valence-corrected chi connectivity index (χ4v) is 4.00. The Morgan fingerprint density at radius 3 is 2.81 bits per heavy atom. The zero-order chi connectivity index (χ0) is 11.0. The summed E-state index contributed by atoms with van der Waals surface area (Å²) in [5.41, 5.74) is 0.158. The predicted octanol–water partition coefficient (Wildman–Crippen LogP) is 1.24. The average Bonchev–Trinajstić information content (AvgIpc) is 2.34. The van der Waals surface area contributed by atoms with Crippen LogP contribution in [0.3, 0.4) is 0 Å². The van der Waals surface area contributed by atoms with Crippen LogP contribution in [0.1, 0.15) is 32.6 Å². The van der Waals surface area contributed by atoms with Crippen molar-refractivity contribution in [1.29, 1.82) is 0 Å². The number of morpholine rings is 1. The number of ether oxygens (including phenoxy) is 1. The lowest BCUT2D eigenvalue weighted by molar-refractivity contribution is -0.188. The molecule has 0 radical (unpaired) electrons. The van der Waals surface area contributed by atoms with Crippen molar-refractivity contribution in [2.45, 2.75) is 44.2 Å². The standard InChI is InChI=1S/C13H24N2O/c1-2-3-12-13(16-9-6-14-12)10-15-7-4-11(13)5-8-15/h11-12,14H,2-10H2,1H3. The second-order valence-corrected chi connectivity index (χ2v) is 5.65. The van der Waals surface area contributed by atoms with Crippen LogP contribution in [0.25, 0.3) is 0 Å². The van der Waals surface area contributed by atoms with Crippen LogP contribution >= 0.6 is 0 Å². The molecule has 0 aliphatic carbocycles. The first kappa shape index (κ1) is 11.0. The van der Waals surface area contributed by atoms with Crippen LogP contribution in [0.5, 0.6) is 0 Å². The molecule has 16 heavy (non-hydrogen) atoms. The molecule has 0 aromatic rings. The van der Waals surface area contributed by atoms with E-state index in [9.17, 15) is 0 Å². The Labute approximate surface area is 98.5 Å². The molecular weight excluding hydrogens is 200 g/mol. The van der Waals surface area contributed by atoms with Gasteiger partial charge in [-0.05, 0) is 38.3 Å². The summed E-state index contributed by atoms with van der Waals surface area (Å²) in [5, 5.41) is 3.71. The molecule has 4 rings (SSSR count). The van der Waals surface area contributed by atoms with E-state index in [2.05, 4.69) is 17.1 Å². The predicted molar refractivity (Wildman–Crippen MR) is 64.5 cm³/mol. The molecule has 0 amide bonds. The molecule has 2 unspecified atom stereocenters. The second-order valence-electron chi connectivity index (χ2n) is 5.65. The maximum absolute atomic E-state index is 6.30. The molecule has 0 saturated carbocycles. The first-order valence-electron chi connectivity index (χ1n) is 6.95. The summed E-state index contributed by atoms with van der Waals surface area (Å²) in [6.07, 6.45) is 5.23. The molecule has 2 bridgehead atoms. The van der Waals surface area contributed by atoms with Crippen LogP contribution in [-0.2, 0) is 4.74 Å². The van der Waals surface area contributed by atoms with Gasteiger partial charge in [-0.2, -0.15) is 0 Å². The van der Waals surface area contributed by atoms with Crippen molar-refractivity contribution in [1.82, 2.24) is 10.2 Å². The van der Waals surface area contributed by atoms with Crippen molar-refractivity contribution in [3.05, 3.63) is 0 Å². The van der Waals surface area contributed by atoms with Gasteiger partial charge in [0.15, 0.2) is 0 Å². The number of nitrogens with one attached hydrogen (secondary N) is 1. The van der Waals surface area contributed by atoms with Crippen LogP contribution in [0, 0.1) is 5.92 Å². The smallest absolute Gasteiger partial charge is 0.0990 e. The fourth-order valence-electron chi connectivity index (χ4n) is 4.00. The summed E-state index contributed by atoms with van der Waals surface area (Å²) >= 11 is 0. The fraction of sp³-hybridized carbons (Fsp3) is 1.00. The highest BCUT2D eigenvalue weighted by atomic mass is 16.5. The number of nitrogens with zero attached hydrogens (tertiary/aromatic N) is 1. The zero-order valence-electron chi connectivity index (χ0n) is 10.4. The Balaban J connectivity index is 1.82. The largest absolute Gasteiger partial charge is 0.370 e. The topological polar surface area (TPSA) is 24.5 Å². The van der Waals surface area contributed by atoms with Crippen molar-refractivity contribution in [2.24, 2.45) is 5.92 Å². The quantitative estimate of drug-likeness (QED) is 0.764. The van der Waals surface area contributed by atoms with E-state index in [1.807, 2.05) is 0 Å². The monoisotopic (exact) mass is 224 g/mol. The first-order chi connectivity index (χ1) is 7.85. The number of piperidine rings is 3. The highest BCUT2D eigenvalue weighted by Gasteiger charge is 2.53. The molecule has 3 heteroatoms. The van der Waals surface area contributed by atoms with E-state index in [1.54, 1.807) is 0 Å². The van der Waals surface area contributed by atoms with Crippen molar-refractivity contribution in [2.75, 3.05) is 32.8 Å². The highest BCUT2D eigenvalue weighted by molar-refractivity contribution is 5.07. The molecule has 1 N–H and O–H groups in total. The summed E-state index contributed by atoms with van der Waals surface area (Å²) in [7, 11) is 0. The van der Waals surface area contributed by atoms with Crippen LogP contribution in [0.15, 0.2) is 0 Å². The van der Waals surface area contributed by atoms with Gasteiger partial charge in [-0.15, -0.1) is 0 Å². The molecule has 4 fully saturated rings. The normalized spacial score (nSPS) is 47.4. The molecule has 4 aliphatic heterocycles. The van der Waals surface area contributed by atoms with Crippen molar-refractivity contribution >= 4 is 0 Å². The summed E-state index contributed by atoms with van der Waals surface area (Å²) < 4.78 is 6.30. The molecule has 0 aromatic heterocycles. The van der Waals surface area contributed by atoms with E-state index >= 15 is 0 Å². The third kappa shape index (κ3) is 1.60. The SMILES string of the molecule is CCCC1NCCOC12CN1CCC2CC1. The lowest BCUT2D eigenvalue weighted by atomic mass is 9.69. The van der Waals surface area contributed by atoms with Crippen LogP contribution in [-0.4, -0.2) is 49.3 Å². The van der Waals surface area contributed by atoms with E-state index < -0.39 is 0 Å². The number of hydrogen-bond acceptors (Lipinski definition) is 3. The highest BCUT2D eigenvalue weighted by Crippen LogP contribution is 2.42. The zero-order valence-corrected chi connectivity index (χ0v) is 10.4. The minimum Gasteiger partial charge on any atom is -0.370 e. The first-order valence-corrected chi connectivity index (χ1v) is 6.95. The van der Waals surface area contributed by atoms with Crippen molar-refractivity contribution < 1.29 is 4.74 Å². The third-order valence-electron chi connectivity index (χ3n) is 4.78. The minimum absolute atomic E-state index is 0.158. The number of rotatable bonds is 2. The maximum Gasteiger partial charge on any atom is 0.0990 e. The molecular formula is C13H24N2O. The van der Waals surface area contributed by atoms with Gasteiger partial charge in [0.1, 0.15) is 0 Å². The molecule has 92 valence electrons. The number of fused-ring (bicyclic) bond motifs is 2. The molecule has 4 saturated heterocycles. The second kappa shape index (κ2) is 4.28. The Morgan fingerprint density at radius 1 is 1.38 bits per heavy atom. The van der Waals surface area contributed by atoms with Crippen molar-refractivity contribution in [3.8, 4) is 0 Å². The summed E-state index contributed by atoms with van der Waals surface area (Å²) in [6, 6.07) is 0.597. The minimum atomic E-state index is 0.158.